The molecule has 0 aliphatic rings. The van der Waals surface area contributed by atoms with Crippen LogP contribution in [0.1, 0.15) is 33.3 Å². The molecular weight excluding hydrogens is 292 g/mol. The number of carbonyl (C=O) groups is 1. The van der Waals surface area contributed by atoms with Crippen molar-refractivity contribution in [3.05, 3.63) is 48.6 Å². The Kier molecular flexibility index (Phi) is 7.32. The van der Waals surface area contributed by atoms with Crippen LogP contribution in [0, 0.1) is 0 Å². The highest BCUT2D eigenvalue weighted by Gasteiger charge is 2.21. The molecule has 0 atom stereocenters. The first-order valence-corrected chi connectivity index (χ1v) is 7.60. The Morgan fingerprint density at radius 2 is 1.96 bits per heavy atom. The minimum atomic E-state index is -0.536. The Morgan fingerprint density at radius 1 is 1.30 bits per heavy atom. The van der Waals surface area contributed by atoms with Crippen molar-refractivity contribution in [1.29, 1.82) is 0 Å². The fourth-order valence-corrected chi connectivity index (χ4v) is 1.78. The van der Waals surface area contributed by atoms with E-state index in [2.05, 4.69) is 11.7 Å². The van der Waals surface area contributed by atoms with Crippen LogP contribution in [0.2, 0.25) is 0 Å². The van der Waals surface area contributed by atoms with E-state index >= 15 is 0 Å². The van der Waals surface area contributed by atoms with E-state index in [0.29, 0.717) is 25.4 Å². The lowest BCUT2D eigenvalue weighted by molar-refractivity contribution is 0.0296. The number of carbonyl (C=O) groups excluding carboxylic acids is 1. The van der Waals surface area contributed by atoms with Gasteiger partial charge < -0.3 is 9.57 Å². The van der Waals surface area contributed by atoms with Crippen LogP contribution < -0.4 is 0 Å². The zero-order valence-electron chi connectivity index (χ0n) is 14.4. The second kappa shape index (κ2) is 8.98. The topological polar surface area (TPSA) is 51.1 Å². The summed E-state index contributed by atoms with van der Waals surface area (Å²) in [6.45, 7) is 12.1. The number of hydrogen-bond acceptors (Lipinski definition) is 4. The Hall–Kier alpha value is -2.30. The summed E-state index contributed by atoms with van der Waals surface area (Å²) < 4.78 is 5.37. The molecule has 1 aromatic rings. The third-order valence-corrected chi connectivity index (χ3v) is 2.72. The Balaban J connectivity index is 2.55. The van der Waals surface area contributed by atoms with Crippen molar-refractivity contribution in [2.75, 3.05) is 13.1 Å². The van der Waals surface area contributed by atoms with Gasteiger partial charge in [-0.3, -0.25) is 4.90 Å². The van der Waals surface area contributed by atoms with Crippen LogP contribution in [-0.2, 0) is 16.2 Å². The Morgan fingerprint density at radius 3 is 2.52 bits per heavy atom. The van der Waals surface area contributed by atoms with Crippen molar-refractivity contribution in [3.63, 3.8) is 0 Å². The molecule has 0 radical (unpaired) electrons. The van der Waals surface area contributed by atoms with Gasteiger partial charge in [-0.1, -0.05) is 41.6 Å². The van der Waals surface area contributed by atoms with E-state index in [0.717, 1.165) is 5.56 Å². The molecule has 0 fully saturated rings. The molecular formula is C18H26N2O3. The maximum Gasteiger partial charge on any atom is 0.410 e. The summed E-state index contributed by atoms with van der Waals surface area (Å²) in [6, 6.07) is 9.78. The molecule has 1 amide bonds. The molecule has 23 heavy (non-hydrogen) atoms. The van der Waals surface area contributed by atoms with Crippen molar-refractivity contribution < 1.29 is 14.4 Å². The first-order valence-electron chi connectivity index (χ1n) is 7.60. The quantitative estimate of drug-likeness (QED) is 0.434. The lowest BCUT2D eigenvalue weighted by Gasteiger charge is -2.26. The number of oxime groups is 1. The minimum Gasteiger partial charge on any atom is -0.444 e. The molecule has 0 unspecified atom stereocenters. The highest BCUT2D eigenvalue weighted by atomic mass is 16.6. The average molecular weight is 318 g/mol. The van der Waals surface area contributed by atoms with E-state index in [4.69, 9.17) is 9.57 Å². The maximum atomic E-state index is 12.1. The second-order valence-electron chi connectivity index (χ2n) is 6.24. The van der Waals surface area contributed by atoms with Crippen molar-refractivity contribution in [2.45, 2.75) is 39.9 Å². The average Bonchev–Trinajstić information content (AvgIpc) is 2.46. The van der Waals surface area contributed by atoms with Gasteiger partial charge in [0.25, 0.3) is 0 Å². The van der Waals surface area contributed by atoms with Crippen molar-refractivity contribution in [2.24, 2.45) is 5.16 Å². The maximum absolute atomic E-state index is 12.1. The third-order valence-electron chi connectivity index (χ3n) is 2.72. The van der Waals surface area contributed by atoms with Gasteiger partial charge in [-0.05, 0) is 33.3 Å². The monoisotopic (exact) mass is 318 g/mol. The van der Waals surface area contributed by atoms with E-state index in [1.54, 1.807) is 6.08 Å². The van der Waals surface area contributed by atoms with E-state index in [1.807, 2.05) is 58.0 Å². The van der Waals surface area contributed by atoms with E-state index in [-0.39, 0.29) is 0 Å². The summed E-state index contributed by atoms with van der Waals surface area (Å²) in [7, 11) is 0. The Bertz CT molecular complexity index is 533. The summed E-state index contributed by atoms with van der Waals surface area (Å²) in [5, 5.41) is 4.05. The third kappa shape index (κ3) is 8.04. The van der Waals surface area contributed by atoms with Crippen LogP contribution in [0.15, 0.2) is 48.1 Å². The largest absolute Gasteiger partial charge is 0.444 e. The SMILES string of the molecule is C=CCN(C/C(C)=N/OCc1ccccc1)C(=O)OC(C)(C)C. The number of benzene rings is 1. The number of ether oxygens (including phenoxy) is 1. The molecule has 0 aliphatic heterocycles. The molecule has 1 rings (SSSR count). The summed E-state index contributed by atoms with van der Waals surface area (Å²) >= 11 is 0. The first-order chi connectivity index (χ1) is 10.8. The van der Waals surface area contributed by atoms with Crippen molar-refractivity contribution in [1.82, 2.24) is 4.90 Å². The molecule has 0 aromatic heterocycles. The van der Waals surface area contributed by atoms with Crippen LogP contribution >= 0.6 is 0 Å². The predicted octanol–water partition coefficient (Wildman–Crippen LogP) is 4.00. The predicted molar refractivity (Wildman–Crippen MR) is 92.3 cm³/mol. The van der Waals surface area contributed by atoms with Gasteiger partial charge in [0, 0.05) is 6.54 Å². The lowest BCUT2D eigenvalue weighted by Crippen LogP contribution is -2.39. The smallest absolute Gasteiger partial charge is 0.410 e. The number of nitrogens with zero attached hydrogens (tertiary/aromatic N) is 2. The number of amides is 1. The van der Waals surface area contributed by atoms with Gasteiger partial charge >= 0.3 is 6.09 Å². The van der Waals surface area contributed by atoms with Gasteiger partial charge in [0.15, 0.2) is 0 Å². The van der Waals surface area contributed by atoms with Gasteiger partial charge in [0.2, 0.25) is 0 Å². The molecule has 0 N–H and O–H groups in total. The second-order valence-corrected chi connectivity index (χ2v) is 6.24. The molecule has 0 saturated carbocycles. The van der Waals surface area contributed by atoms with E-state index in [1.165, 1.54) is 4.90 Å². The van der Waals surface area contributed by atoms with E-state index in [9.17, 15) is 4.79 Å². The van der Waals surface area contributed by atoms with Crippen LogP contribution in [0.25, 0.3) is 0 Å². The number of rotatable bonds is 7. The molecule has 0 heterocycles. The minimum absolute atomic E-state index is 0.329. The molecule has 0 spiro atoms. The number of hydrogen-bond donors (Lipinski definition) is 0. The summed E-state index contributed by atoms with van der Waals surface area (Å²) in [5.41, 5.74) is 1.19. The normalized spacial score (nSPS) is 11.7. The van der Waals surface area contributed by atoms with Crippen LogP contribution in [0.5, 0.6) is 0 Å². The zero-order valence-corrected chi connectivity index (χ0v) is 14.4. The lowest BCUT2D eigenvalue weighted by atomic mass is 10.2. The van der Waals surface area contributed by atoms with Gasteiger partial charge in [-0.2, -0.15) is 0 Å². The Labute approximate surface area is 138 Å². The van der Waals surface area contributed by atoms with Gasteiger partial charge in [-0.15, -0.1) is 6.58 Å². The zero-order chi connectivity index (χ0) is 17.3. The highest BCUT2D eigenvalue weighted by molar-refractivity contribution is 5.86. The molecule has 126 valence electrons. The fourth-order valence-electron chi connectivity index (χ4n) is 1.78. The van der Waals surface area contributed by atoms with Gasteiger partial charge in [0.1, 0.15) is 12.2 Å². The van der Waals surface area contributed by atoms with Crippen molar-refractivity contribution in [3.8, 4) is 0 Å². The summed E-state index contributed by atoms with van der Waals surface area (Å²) in [6.07, 6.45) is 1.26. The molecule has 1 aromatic carbocycles. The molecule has 0 bridgehead atoms. The molecule has 5 heteroatoms. The fraction of sp³-hybridized carbons (Fsp3) is 0.444. The molecule has 0 aliphatic carbocycles. The van der Waals surface area contributed by atoms with Gasteiger partial charge in [-0.25, -0.2) is 4.79 Å². The van der Waals surface area contributed by atoms with Crippen molar-refractivity contribution >= 4 is 11.8 Å². The van der Waals surface area contributed by atoms with Crippen LogP contribution in [-0.4, -0.2) is 35.4 Å². The summed E-state index contributed by atoms with van der Waals surface area (Å²) in [4.78, 5) is 19.0. The van der Waals surface area contributed by atoms with Crippen LogP contribution in [0.3, 0.4) is 0 Å². The first kappa shape index (κ1) is 18.7. The highest BCUT2D eigenvalue weighted by Crippen LogP contribution is 2.10. The van der Waals surface area contributed by atoms with Gasteiger partial charge in [0.05, 0.1) is 12.3 Å². The van der Waals surface area contributed by atoms with Crippen LogP contribution in [0.4, 0.5) is 4.79 Å². The molecule has 5 nitrogen and oxygen atoms in total. The van der Waals surface area contributed by atoms with E-state index < -0.39 is 11.7 Å². The molecule has 0 saturated heterocycles. The summed E-state index contributed by atoms with van der Waals surface area (Å²) in [5.74, 6) is 0. The standard InChI is InChI=1S/C18H26N2O3/c1-6-12-20(17(21)23-18(3,4)5)13-15(2)19-22-14-16-10-8-7-9-11-16/h6-11H,1,12-14H2,2-5H3/b19-15+.